The van der Waals surface area contributed by atoms with Crippen molar-refractivity contribution < 1.29 is 12.7 Å². The number of nitrogens with one attached hydrogen (secondary N) is 1. The monoisotopic (exact) mass is 243 g/mol. The van der Waals surface area contributed by atoms with E-state index in [0.29, 0.717) is 6.54 Å². The number of hydrogen-bond donors (Lipinski definition) is 1. The van der Waals surface area contributed by atoms with E-state index in [1.807, 2.05) is 13.8 Å². The quantitative estimate of drug-likeness (QED) is 0.612. The molecule has 0 unspecified atom stereocenters. The fraction of sp³-hybridized carbons (Fsp3) is 0.455. The molecule has 90 valence electrons. The van der Waals surface area contributed by atoms with Gasteiger partial charge in [-0.1, -0.05) is 26.0 Å². The van der Waals surface area contributed by atoms with Crippen LogP contribution in [0.25, 0.3) is 0 Å². The van der Waals surface area contributed by atoms with Crippen molar-refractivity contribution in [3.05, 3.63) is 29.8 Å². The molecule has 0 aromatic heterocycles. The summed E-state index contributed by atoms with van der Waals surface area (Å²) in [6, 6.07) is 6.69. The maximum Gasteiger partial charge on any atom is 0.312 e. The van der Waals surface area contributed by atoms with Gasteiger partial charge < -0.3 is 0 Å². The van der Waals surface area contributed by atoms with Crippen molar-refractivity contribution in [2.45, 2.75) is 31.6 Å². The van der Waals surface area contributed by atoms with E-state index in [4.69, 9.17) is 0 Å². The standard InChI is InChI=1S/C11H17NO3S/c1-3-9-12-15-16(13,14)11-7-5-10(4-2)6-8-11/h5-8,12H,3-4,9H2,1-2H3. The molecule has 0 saturated heterocycles. The minimum atomic E-state index is -3.67. The Morgan fingerprint density at radius 3 is 2.31 bits per heavy atom. The molecule has 1 rings (SSSR count). The second kappa shape index (κ2) is 5.98. The molecule has 0 amide bonds. The third-order valence-electron chi connectivity index (χ3n) is 2.14. The molecule has 5 heteroatoms. The van der Waals surface area contributed by atoms with Crippen LogP contribution in [0.15, 0.2) is 29.2 Å². The highest BCUT2D eigenvalue weighted by molar-refractivity contribution is 7.86. The Hall–Kier alpha value is -0.910. The van der Waals surface area contributed by atoms with Gasteiger partial charge in [0.05, 0.1) is 4.90 Å². The minimum absolute atomic E-state index is 0.174. The molecule has 0 spiro atoms. The van der Waals surface area contributed by atoms with Crippen LogP contribution in [0.3, 0.4) is 0 Å². The second-order valence-corrected chi connectivity index (χ2v) is 4.98. The minimum Gasteiger partial charge on any atom is -0.192 e. The van der Waals surface area contributed by atoms with Crippen LogP contribution in [0.1, 0.15) is 25.8 Å². The summed E-state index contributed by atoms with van der Waals surface area (Å²) in [6.45, 7) is 4.45. The SMILES string of the molecule is CCCNOS(=O)(=O)c1ccc(CC)cc1. The van der Waals surface area contributed by atoms with Gasteiger partial charge in [-0.3, -0.25) is 0 Å². The summed E-state index contributed by atoms with van der Waals surface area (Å²) in [5.41, 5.74) is 3.51. The van der Waals surface area contributed by atoms with Crippen LogP contribution in [0.4, 0.5) is 0 Å². The Morgan fingerprint density at radius 2 is 1.81 bits per heavy atom. The highest BCUT2D eigenvalue weighted by Gasteiger charge is 2.14. The maximum atomic E-state index is 11.6. The number of hydroxylamine groups is 1. The molecule has 1 N–H and O–H groups in total. The molecule has 0 saturated carbocycles. The van der Waals surface area contributed by atoms with Gasteiger partial charge in [0.25, 0.3) is 0 Å². The van der Waals surface area contributed by atoms with Crippen LogP contribution in [0, 0.1) is 0 Å². The average molecular weight is 243 g/mol. The second-order valence-electron chi connectivity index (χ2n) is 3.43. The van der Waals surface area contributed by atoms with E-state index in [9.17, 15) is 8.42 Å². The molecule has 0 aliphatic carbocycles. The predicted octanol–water partition coefficient (Wildman–Crippen LogP) is 1.87. The third kappa shape index (κ3) is 3.59. The van der Waals surface area contributed by atoms with Crippen molar-refractivity contribution >= 4 is 10.1 Å². The Morgan fingerprint density at radius 1 is 1.19 bits per heavy atom. The highest BCUT2D eigenvalue weighted by Crippen LogP contribution is 2.12. The lowest BCUT2D eigenvalue weighted by atomic mass is 10.2. The van der Waals surface area contributed by atoms with Crippen molar-refractivity contribution in [3.63, 3.8) is 0 Å². The molecule has 0 heterocycles. The van der Waals surface area contributed by atoms with E-state index in [-0.39, 0.29) is 4.90 Å². The topological polar surface area (TPSA) is 55.4 Å². The molecule has 0 fully saturated rings. The van der Waals surface area contributed by atoms with E-state index in [1.54, 1.807) is 24.3 Å². The van der Waals surface area contributed by atoms with Gasteiger partial charge in [0.15, 0.2) is 0 Å². The summed E-state index contributed by atoms with van der Waals surface area (Å²) in [5.74, 6) is 0. The van der Waals surface area contributed by atoms with Crippen molar-refractivity contribution in [1.29, 1.82) is 0 Å². The summed E-state index contributed by atoms with van der Waals surface area (Å²) in [5, 5.41) is 0. The molecular formula is C11H17NO3S. The average Bonchev–Trinajstić information content (AvgIpc) is 2.29. The number of benzene rings is 1. The van der Waals surface area contributed by atoms with Gasteiger partial charge in [-0.05, 0) is 30.5 Å². The van der Waals surface area contributed by atoms with Crippen LogP contribution in [0.5, 0.6) is 0 Å². The van der Waals surface area contributed by atoms with Crippen LogP contribution in [-0.2, 0) is 20.8 Å². The normalized spacial score (nSPS) is 11.6. The summed E-state index contributed by atoms with van der Waals surface area (Å²) in [7, 11) is -3.67. The first kappa shape index (κ1) is 13.2. The van der Waals surface area contributed by atoms with E-state index < -0.39 is 10.1 Å². The number of aryl methyl sites for hydroxylation is 1. The molecule has 0 aliphatic rings. The fourth-order valence-electron chi connectivity index (χ4n) is 1.16. The maximum absolute atomic E-state index is 11.6. The lowest BCUT2D eigenvalue weighted by Gasteiger charge is -2.06. The largest absolute Gasteiger partial charge is 0.312 e. The fourth-order valence-corrected chi connectivity index (χ4v) is 1.97. The van der Waals surface area contributed by atoms with Crippen molar-refractivity contribution in [1.82, 2.24) is 5.48 Å². The van der Waals surface area contributed by atoms with Crippen molar-refractivity contribution in [3.8, 4) is 0 Å². The Balaban J connectivity index is 2.74. The third-order valence-corrected chi connectivity index (χ3v) is 3.33. The lowest BCUT2D eigenvalue weighted by Crippen LogP contribution is -2.21. The van der Waals surface area contributed by atoms with Gasteiger partial charge in [0, 0.05) is 6.54 Å². The van der Waals surface area contributed by atoms with Crippen LogP contribution < -0.4 is 5.48 Å². The molecular weight excluding hydrogens is 226 g/mol. The zero-order valence-corrected chi connectivity index (χ0v) is 10.4. The molecule has 0 bridgehead atoms. The van der Waals surface area contributed by atoms with Gasteiger partial charge in [-0.15, -0.1) is 0 Å². The Kier molecular flexibility index (Phi) is 4.92. The molecule has 0 radical (unpaired) electrons. The molecule has 0 atom stereocenters. The number of rotatable bonds is 6. The van der Waals surface area contributed by atoms with Gasteiger partial charge >= 0.3 is 10.1 Å². The molecule has 1 aromatic carbocycles. The van der Waals surface area contributed by atoms with E-state index >= 15 is 0 Å². The van der Waals surface area contributed by atoms with Crippen molar-refractivity contribution in [2.24, 2.45) is 0 Å². The van der Waals surface area contributed by atoms with Crippen LogP contribution >= 0.6 is 0 Å². The van der Waals surface area contributed by atoms with E-state index in [0.717, 1.165) is 18.4 Å². The summed E-state index contributed by atoms with van der Waals surface area (Å²) < 4.78 is 27.9. The predicted molar refractivity (Wildman–Crippen MR) is 62.4 cm³/mol. The molecule has 1 aromatic rings. The smallest absolute Gasteiger partial charge is 0.192 e. The molecule has 4 nitrogen and oxygen atoms in total. The summed E-state index contributed by atoms with van der Waals surface area (Å²) >= 11 is 0. The number of hydrogen-bond acceptors (Lipinski definition) is 4. The van der Waals surface area contributed by atoms with Gasteiger partial charge in [0.1, 0.15) is 0 Å². The lowest BCUT2D eigenvalue weighted by molar-refractivity contribution is 0.204. The molecule has 0 aliphatic heterocycles. The molecule has 16 heavy (non-hydrogen) atoms. The van der Waals surface area contributed by atoms with Crippen LogP contribution in [0.2, 0.25) is 0 Å². The highest BCUT2D eigenvalue weighted by atomic mass is 32.2. The van der Waals surface area contributed by atoms with Gasteiger partial charge in [-0.25, -0.2) is 0 Å². The first-order chi connectivity index (χ1) is 7.60. The Bertz CT molecular complexity index is 411. The van der Waals surface area contributed by atoms with Gasteiger partial charge in [0.2, 0.25) is 0 Å². The van der Waals surface area contributed by atoms with Gasteiger partial charge in [-0.2, -0.15) is 18.2 Å². The summed E-state index contributed by atoms with van der Waals surface area (Å²) in [6.07, 6.45) is 1.69. The Labute approximate surface area is 96.7 Å². The summed E-state index contributed by atoms with van der Waals surface area (Å²) in [4.78, 5) is 0.174. The first-order valence-corrected chi connectivity index (χ1v) is 6.76. The van der Waals surface area contributed by atoms with E-state index in [2.05, 4.69) is 9.76 Å². The first-order valence-electron chi connectivity index (χ1n) is 5.35. The zero-order chi connectivity index (χ0) is 12.0. The van der Waals surface area contributed by atoms with Crippen molar-refractivity contribution in [2.75, 3.05) is 6.54 Å². The van der Waals surface area contributed by atoms with Crippen LogP contribution in [-0.4, -0.2) is 15.0 Å². The van der Waals surface area contributed by atoms with E-state index in [1.165, 1.54) is 0 Å². The zero-order valence-electron chi connectivity index (χ0n) is 9.56.